The van der Waals surface area contributed by atoms with Crippen LogP contribution in [-0.4, -0.2) is 21.9 Å². The molecule has 0 unspecified atom stereocenters. The Kier molecular flexibility index (Phi) is 4.73. The SMILES string of the molecule is NC(Cc1ccc(NC(=O)c2ccncc2Cl)cc1)=NO. The van der Waals surface area contributed by atoms with Crippen LogP contribution in [0.25, 0.3) is 0 Å². The first-order valence-corrected chi connectivity index (χ1v) is 6.44. The molecule has 0 atom stereocenters. The summed E-state index contributed by atoms with van der Waals surface area (Å²) in [5.41, 5.74) is 7.27. The number of aromatic nitrogens is 1. The van der Waals surface area contributed by atoms with Crippen LogP contribution in [0.4, 0.5) is 5.69 Å². The number of carbonyl (C=O) groups excluding carboxylic acids is 1. The lowest BCUT2D eigenvalue weighted by Crippen LogP contribution is -2.15. The second kappa shape index (κ2) is 6.71. The van der Waals surface area contributed by atoms with Gasteiger partial charge in [-0.25, -0.2) is 0 Å². The van der Waals surface area contributed by atoms with Gasteiger partial charge >= 0.3 is 0 Å². The summed E-state index contributed by atoms with van der Waals surface area (Å²) in [5, 5.41) is 14.4. The molecule has 0 bridgehead atoms. The number of anilines is 1. The second-order valence-corrected chi connectivity index (χ2v) is 4.68. The Labute approximate surface area is 126 Å². The summed E-state index contributed by atoms with van der Waals surface area (Å²) in [6.07, 6.45) is 3.25. The molecule has 0 radical (unpaired) electrons. The van der Waals surface area contributed by atoms with Crippen LogP contribution in [0.1, 0.15) is 15.9 Å². The monoisotopic (exact) mass is 304 g/mol. The third kappa shape index (κ3) is 3.93. The Morgan fingerprint density at radius 1 is 1.33 bits per heavy atom. The van der Waals surface area contributed by atoms with Crippen molar-refractivity contribution in [3.8, 4) is 0 Å². The van der Waals surface area contributed by atoms with Crippen molar-refractivity contribution in [3.63, 3.8) is 0 Å². The van der Waals surface area contributed by atoms with Crippen molar-refractivity contribution in [2.24, 2.45) is 10.9 Å². The zero-order valence-corrected chi connectivity index (χ0v) is 11.7. The van der Waals surface area contributed by atoms with Gasteiger partial charge < -0.3 is 16.3 Å². The average Bonchev–Trinajstić information content (AvgIpc) is 2.49. The number of rotatable bonds is 4. The summed E-state index contributed by atoms with van der Waals surface area (Å²) in [6, 6.07) is 8.56. The third-order valence-electron chi connectivity index (χ3n) is 2.74. The molecule has 0 saturated carbocycles. The molecule has 0 fully saturated rings. The minimum atomic E-state index is -0.313. The number of carbonyl (C=O) groups is 1. The lowest BCUT2D eigenvalue weighted by atomic mass is 10.1. The first-order chi connectivity index (χ1) is 10.1. The maximum absolute atomic E-state index is 12.0. The van der Waals surface area contributed by atoms with Gasteiger partial charge in [0, 0.05) is 24.5 Å². The van der Waals surface area contributed by atoms with Gasteiger partial charge in [-0.05, 0) is 23.8 Å². The molecular formula is C14H13ClN4O2. The average molecular weight is 305 g/mol. The van der Waals surface area contributed by atoms with E-state index in [-0.39, 0.29) is 11.7 Å². The highest BCUT2D eigenvalue weighted by Crippen LogP contribution is 2.16. The molecule has 0 spiro atoms. The summed E-state index contributed by atoms with van der Waals surface area (Å²) < 4.78 is 0. The van der Waals surface area contributed by atoms with Crippen LogP contribution >= 0.6 is 11.6 Å². The van der Waals surface area contributed by atoms with Crippen LogP contribution < -0.4 is 11.1 Å². The number of hydrogen-bond acceptors (Lipinski definition) is 4. The van der Waals surface area contributed by atoms with Crippen LogP contribution in [0, 0.1) is 0 Å². The van der Waals surface area contributed by atoms with Crippen LogP contribution in [0.2, 0.25) is 5.02 Å². The predicted octanol–water partition coefficient (Wildman–Crippen LogP) is 2.28. The van der Waals surface area contributed by atoms with Gasteiger partial charge in [0.15, 0.2) is 0 Å². The van der Waals surface area contributed by atoms with Gasteiger partial charge in [-0.2, -0.15) is 0 Å². The molecule has 1 heterocycles. The van der Waals surface area contributed by atoms with E-state index in [0.29, 0.717) is 22.7 Å². The molecule has 7 heteroatoms. The predicted molar refractivity (Wildman–Crippen MR) is 80.8 cm³/mol. The quantitative estimate of drug-likeness (QED) is 0.349. The maximum atomic E-state index is 12.0. The van der Waals surface area contributed by atoms with Crippen molar-refractivity contribution in [2.45, 2.75) is 6.42 Å². The van der Waals surface area contributed by atoms with E-state index in [2.05, 4.69) is 15.5 Å². The first-order valence-electron chi connectivity index (χ1n) is 6.06. The Bertz CT molecular complexity index is 671. The summed E-state index contributed by atoms with van der Waals surface area (Å²) in [7, 11) is 0. The van der Waals surface area contributed by atoms with Gasteiger partial charge in [-0.1, -0.05) is 28.9 Å². The van der Waals surface area contributed by atoms with E-state index in [1.807, 2.05) is 0 Å². The summed E-state index contributed by atoms with van der Waals surface area (Å²) in [6.45, 7) is 0. The van der Waals surface area contributed by atoms with E-state index in [9.17, 15) is 4.79 Å². The second-order valence-electron chi connectivity index (χ2n) is 4.27. The molecule has 1 amide bonds. The van der Waals surface area contributed by atoms with E-state index in [0.717, 1.165) is 5.56 Å². The molecule has 0 aliphatic rings. The lowest BCUT2D eigenvalue weighted by Gasteiger charge is -2.07. The molecule has 0 aliphatic heterocycles. The van der Waals surface area contributed by atoms with Crippen LogP contribution in [0.3, 0.4) is 0 Å². The van der Waals surface area contributed by atoms with Crippen molar-refractivity contribution in [2.75, 3.05) is 5.32 Å². The highest BCUT2D eigenvalue weighted by atomic mass is 35.5. The minimum absolute atomic E-state index is 0.121. The number of halogens is 1. The molecule has 1 aromatic heterocycles. The van der Waals surface area contributed by atoms with Crippen molar-refractivity contribution in [1.29, 1.82) is 0 Å². The Morgan fingerprint density at radius 3 is 2.67 bits per heavy atom. The van der Waals surface area contributed by atoms with Gasteiger partial charge in [0.1, 0.15) is 5.84 Å². The number of benzene rings is 1. The van der Waals surface area contributed by atoms with E-state index in [1.54, 1.807) is 30.3 Å². The van der Waals surface area contributed by atoms with Crippen LogP contribution in [-0.2, 0) is 6.42 Å². The van der Waals surface area contributed by atoms with E-state index in [4.69, 9.17) is 22.5 Å². The molecule has 6 nitrogen and oxygen atoms in total. The topological polar surface area (TPSA) is 101 Å². The zero-order chi connectivity index (χ0) is 15.2. The Hall–Kier alpha value is -2.60. The van der Waals surface area contributed by atoms with Gasteiger partial charge in [-0.15, -0.1) is 0 Å². The molecule has 21 heavy (non-hydrogen) atoms. The standard InChI is InChI=1S/C14H13ClN4O2/c15-12-8-17-6-5-11(12)14(20)18-10-3-1-9(2-4-10)7-13(16)19-21/h1-6,8,21H,7H2,(H2,16,19)(H,18,20). The van der Waals surface area contributed by atoms with Gasteiger partial charge in [0.25, 0.3) is 5.91 Å². The van der Waals surface area contributed by atoms with Crippen molar-refractivity contribution >= 4 is 29.0 Å². The number of oxime groups is 1. The Morgan fingerprint density at radius 2 is 2.05 bits per heavy atom. The number of nitrogens with two attached hydrogens (primary N) is 1. The maximum Gasteiger partial charge on any atom is 0.257 e. The highest BCUT2D eigenvalue weighted by Gasteiger charge is 2.10. The molecule has 108 valence electrons. The fourth-order valence-corrected chi connectivity index (χ4v) is 1.91. The smallest absolute Gasteiger partial charge is 0.257 e. The molecule has 0 aliphatic carbocycles. The Balaban J connectivity index is 2.07. The van der Waals surface area contributed by atoms with Gasteiger partial charge in [0.2, 0.25) is 0 Å². The normalized spacial score (nSPS) is 11.2. The first kappa shape index (κ1) is 14.8. The lowest BCUT2D eigenvalue weighted by molar-refractivity contribution is 0.102. The van der Waals surface area contributed by atoms with E-state index < -0.39 is 0 Å². The number of amides is 1. The summed E-state index contributed by atoms with van der Waals surface area (Å²) in [4.78, 5) is 15.9. The third-order valence-corrected chi connectivity index (χ3v) is 3.04. The van der Waals surface area contributed by atoms with Crippen LogP contribution in [0.15, 0.2) is 47.9 Å². The fraction of sp³-hybridized carbons (Fsp3) is 0.0714. The fourth-order valence-electron chi connectivity index (χ4n) is 1.71. The van der Waals surface area contributed by atoms with E-state index >= 15 is 0 Å². The number of nitrogens with zero attached hydrogens (tertiary/aromatic N) is 2. The molecular weight excluding hydrogens is 292 g/mol. The molecule has 2 rings (SSSR count). The molecule has 2 aromatic rings. The van der Waals surface area contributed by atoms with Gasteiger partial charge in [0.05, 0.1) is 10.6 Å². The molecule has 4 N–H and O–H groups in total. The van der Waals surface area contributed by atoms with Gasteiger partial charge in [-0.3, -0.25) is 9.78 Å². The number of nitrogens with one attached hydrogen (secondary N) is 1. The largest absolute Gasteiger partial charge is 0.409 e. The highest BCUT2D eigenvalue weighted by molar-refractivity contribution is 6.34. The van der Waals surface area contributed by atoms with Crippen LogP contribution in [0.5, 0.6) is 0 Å². The molecule has 1 aromatic carbocycles. The number of amidine groups is 1. The van der Waals surface area contributed by atoms with E-state index in [1.165, 1.54) is 12.4 Å². The number of hydrogen-bond donors (Lipinski definition) is 3. The van der Waals surface area contributed by atoms with Crippen molar-refractivity contribution in [1.82, 2.24) is 4.98 Å². The number of pyridine rings is 1. The minimum Gasteiger partial charge on any atom is -0.409 e. The summed E-state index contributed by atoms with van der Waals surface area (Å²) in [5.74, 6) is -0.193. The van der Waals surface area contributed by atoms with Crippen molar-refractivity contribution in [3.05, 3.63) is 58.9 Å². The zero-order valence-electron chi connectivity index (χ0n) is 11.0. The molecule has 0 saturated heterocycles. The summed E-state index contributed by atoms with van der Waals surface area (Å²) >= 11 is 5.91. The van der Waals surface area contributed by atoms with Crippen molar-refractivity contribution < 1.29 is 10.0 Å².